The van der Waals surface area contributed by atoms with E-state index >= 15 is 0 Å². The van der Waals surface area contributed by atoms with Gasteiger partial charge in [-0.3, -0.25) is 0 Å². The van der Waals surface area contributed by atoms with Gasteiger partial charge in [-0.1, -0.05) is 65.2 Å². The molecule has 1 heterocycles. The van der Waals surface area contributed by atoms with E-state index < -0.39 is 0 Å². The van der Waals surface area contributed by atoms with E-state index in [2.05, 4.69) is 44.1 Å². The first kappa shape index (κ1) is 16.4. The number of anilines is 1. The first-order chi connectivity index (χ1) is 12.8. The number of H-pyrrole nitrogens is 1. The van der Waals surface area contributed by atoms with Crippen molar-refractivity contribution in [1.29, 1.82) is 0 Å². The predicted octanol–water partition coefficient (Wildman–Crippen LogP) is 4.20. The Morgan fingerprint density at radius 2 is 1.85 bits per heavy atom. The first-order valence-corrected chi connectivity index (χ1v) is 8.53. The van der Waals surface area contributed by atoms with E-state index in [1.807, 2.05) is 42.5 Å². The van der Waals surface area contributed by atoms with Crippen LogP contribution in [0.2, 0.25) is 5.02 Å². The van der Waals surface area contributed by atoms with Crippen LogP contribution >= 0.6 is 11.6 Å². The number of benzene rings is 3. The number of nitrogens with one attached hydrogen (secondary N) is 2. The molecule has 0 bridgehead atoms. The molecule has 26 heavy (non-hydrogen) atoms. The second-order valence-electron chi connectivity index (χ2n) is 5.73. The number of fused-ring (bicyclic) bond motifs is 1. The molecule has 1 aromatic heterocycles. The summed E-state index contributed by atoms with van der Waals surface area (Å²) in [6.07, 6.45) is 0. The molecule has 0 radical (unpaired) electrons. The van der Waals surface area contributed by atoms with Crippen molar-refractivity contribution in [3.05, 3.63) is 76.8 Å². The number of hydrogen-bond acceptors (Lipinski definition) is 5. The Hall–Kier alpha value is -3.12. The highest BCUT2D eigenvalue weighted by Crippen LogP contribution is 2.30. The highest BCUT2D eigenvalue weighted by atomic mass is 35.5. The molecule has 0 aliphatic heterocycles. The minimum Gasteiger partial charge on any atom is -0.488 e. The summed E-state index contributed by atoms with van der Waals surface area (Å²) in [5.74, 6) is 1.23. The van der Waals surface area contributed by atoms with Gasteiger partial charge in [0.2, 0.25) is 0 Å². The van der Waals surface area contributed by atoms with Crippen LogP contribution in [0.5, 0.6) is 5.75 Å². The van der Waals surface area contributed by atoms with Gasteiger partial charge in [-0.05, 0) is 28.1 Å². The summed E-state index contributed by atoms with van der Waals surface area (Å²) in [7, 11) is 0. The Kier molecular flexibility index (Phi) is 4.66. The molecule has 4 aromatic rings. The van der Waals surface area contributed by atoms with E-state index in [4.69, 9.17) is 16.3 Å². The quantitative estimate of drug-likeness (QED) is 0.535. The summed E-state index contributed by atoms with van der Waals surface area (Å²) >= 11 is 6.23. The topological polar surface area (TPSA) is 75.7 Å². The molecule has 0 amide bonds. The van der Waals surface area contributed by atoms with Crippen molar-refractivity contribution < 1.29 is 4.74 Å². The Morgan fingerprint density at radius 1 is 1.00 bits per heavy atom. The van der Waals surface area contributed by atoms with Crippen LogP contribution in [0.25, 0.3) is 10.8 Å². The molecule has 0 saturated heterocycles. The van der Waals surface area contributed by atoms with Crippen molar-refractivity contribution >= 4 is 28.3 Å². The van der Waals surface area contributed by atoms with Crippen LogP contribution in [0.1, 0.15) is 11.1 Å². The van der Waals surface area contributed by atoms with Gasteiger partial charge in [-0.25, -0.2) is 0 Å². The Bertz CT molecular complexity index is 1020. The van der Waals surface area contributed by atoms with Gasteiger partial charge in [0.05, 0.1) is 0 Å². The summed E-state index contributed by atoms with van der Waals surface area (Å²) in [5, 5.41) is 20.0. The number of halogens is 1. The Morgan fingerprint density at radius 3 is 2.69 bits per heavy atom. The van der Waals surface area contributed by atoms with E-state index in [1.165, 1.54) is 0 Å². The van der Waals surface area contributed by atoms with Crippen LogP contribution in [0.4, 0.5) is 5.95 Å². The maximum absolute atomic E-state index is 6.23. The van der Waals surface area contributed by atoms with Gasteiger partial charge in [0.15, 0.2) is 0 Å². The van der Waals surface area contributed by atoms with Crippen molar-refractivity contribution in [3.63, 3.8) is 0 Å². The molecule has 2 N–H and O–H groups in total. The third-order valence-electron chi connectivity index (χ3n) is 4.11. The fourth-order valence-corrected chi connectivity index (χ4v) is 3.00. The van der Waals surface area contributed by atoms with Gasteiger partial charge in [-0.2, -0.15) is 5.21 Å². The molecule has 0 saturated carbocycles. The second kappa shape index (κ2) is 7.41. The van der Waals surface area contributed by atoms with Crippen molar-refractivity contribution in [1.82, 2.24) is 20.6 Å². The fraction of sp³-hybridized carbons (Fsp3) is 0.105. The Balaban J connectivity index is 1.64. The van der Waals surface area contributed by atoms with E-state index in [1.54, 1.807) is 0 Å². The molecule has 0 unspecified atom stereocenters. The number of tetrazole rings is 1. The molecule has 7 heteroatoms. The maximum Gasteiger partial charge on any atom is 0.263 e. The van der Waals surface area contributed by atoms with E-state index in [0.29, 0.717) is 24.1 Å². The lowest BCUT2D eigenvalue weighted by molar-refractivity contribution is 0.304. The molecule has 0 atom stereocenters. The molecular formula is C19H16ClN5O. The fourth-order valence-electron chi connectivity index (χ4n) is 2.81. The van der Waals surface area contributed by atoms with Crippen molar-refractivity contribution in [2.24, 2.45) is 0 Å². The highest BCUT2D eigenvalue weighted by molar-refractivity contribution is 6.31. The van der Waals surface area contributed by atoms with Gasteiger partial charge < -0.3 is 10.1 Å². The number of aromatic nitrogens is 4. The van der Waals surface area contributed by atoms with Crippen LogP contribution in [0, 0.1) is 0 Å². The van der Waals surface area contributed by atoms with Gasteiger partial charge in [0.25, 0.3) is 5.95 Å². The summed E-state index contributed by atoms with van der Waals surface area (Å²) < 4.78 is 6.09. The predicted molar refractivity (Wildman–Crippen MR) is 101 cm³/mol. The third kappa shape index (κ3) is 3.45. The molecule has 4 rings (SSSR count). The number of rotatable bonds is 6. The second-order valence-corrected chi connectivity index (χ2v) is 6.14. The lowest BCUT2D eigenvalue weighted by Gasteiger charge is -2.15. The molecule has 0 aliphatic rings. The average Bonchev–Trinajstić information content (AvgIpc) is 3.19. The average molecular weight is 366 g/mol. The SMILES string of the molecule is Clc1ccccc1COc1ccc2ccccc2c1CNc1nn[nH]n1. The van der Waals surface area contributed by atoms with Crippen LogP contribution in [-0.2, 0) is 13.2 Å². The van der Waals surface area contributed by atoms with Crippen molar-refractivity contribution in [2.45, 2.75) is 13.2 Å². The summed E-state index contributed by atoms with van der Waals surface area (Å²) in [5.41, 5.74) is 1.97. The zero-order valence-corrected chi connectivity index (χ0v) is 14.6. The monoisotopic (exact) mass is 365 g/mol. The van der Waals surface area contributed by atoms with Crippen LogP contribution in [0.15, 0.2) is 60.7 Å². The summed E-state index contributed by atoms with van der Waals surface area (Å²) in [6, 6.07) is 19.9. The number of nitrogens with zero attached hydrogens (tertiary/aromatic N) is 3. The van der Waals surface area contributed by atoms with Crippen LogP contribution < -0.4 is 10.1 Å². The molecule has 0 fully saturated rings. The van der Waals surface area contributed by atoms with E-state index in [9.17, 15) is 0 Å². The third-order valence-corrected chi connectivity index (χ3v) is 4.48. The summed E-state index contributed by atoms with van der Waals surface area (Å²) in [6.45, 7) is 0.909. The van der Waals surface area contributed by atoms with Crippen LogP contribution in [-0.4, -0.2) is 20.6 Å². The molecule has 130 valence electrons. The lowest BCUT2D eigenvalue weighted by Crippen LogP contribution is -2.06. The number of ether oxygens (including phenoxy) is 1. The standard InChI is InChI=1S/C19H16ClN5O/c20-17-8-4-2-6-14(17)12-26-18-10-9-13-5-1-3-7-15(13)16(18)11-21-19-22-24-25-23-19/h1-10H,11-12H2,(H2,21,22,23,24,25). The molecular weight excluding hydrogens is 350 g/mol. The summed E-state index contributed by atoms with van der Waals surface area (Å²) in [4.78, 5) is 0. The van der Waals surface area contributed by atoms with Gasteiger partial charge >= 0.3 is 0 Å². The van der Waals surface area contributed by atoms with Crippen molar-refractivity contribution in [2.75, 3.05) is 5.32 Å². The van der Waals surface area contributed by atoms with Gasteiger partial charge in [0.1, 0.15) is 12.4 Å². The van der Waals surface area contributed by atoms with Gasteiger partial charge in [-0.15, -0.1) is 5.10 Å². The van der Waals surface area contributed by atoms with E-state index in [0.717, 1.165) is 27.6 Å². The molecule has 3 aromatic carbocycles. The maximum atomic E-state index is 6.23. The van der Waals surface area contributed by atoms with Gasteiger partial charge in [0, 0.05) is 22.7 Å². The minimum atomic E-state index is 0.396. The normalized spacial score (nSPS) is 10.8. The Labute approximate surface area is 155 Å². The van der Waals surface area contributed by atoms with Crippen molar-refractivity contribution in [3.8, 4) is 5.75 Å². The number of aromatic amines is 1. The van der Waals surface area contributed by atoms with Crippen LogP contribution in [0.3, 0.4) is 0 Å². The number of hydrogen-bond donors (Lipinski definition) is 2. The molecule has 6 nitrogen and oxygen atoms in total. The minimum absolute atomic E-state index is 0.396. The zero-order valence-electron chi connectivity index (χ0n) is 13.8. The smallest absolute Gasteiger partial charge is 0.263 e. The largest absolute Gasteiger partial charge is 0.488 e. The molecule has 0 aliphatic carbocycles. The van der Waals surface area contributed by atoms with E-state index in [-0.39, 0.29) is 0 Å². The molecule has 0 spiro atoms. The first-order valence-electron chi connectivity index (χ1n) is 8.15. The highest BCUT2D eigenvalue weighted by Gasteiger charge is 2.11. The zero-order chi connectivity index (χ0) is 17.8. The lowest BCUT2D eigenvalue weighted by atomic mass is 10.0.